The monoisotopic (exact) mass is 400 g/mol. The van der Waals surface area contributed by atoms with E-state index in [0.717, 1.165) is 35.8 Å². The lowest BCUT2D eigenvalue weighted by molar-refractivity contribution is -0.909. The number of halogens is 1. The Morgan fingerprint density at radius 2 is 2.07 bits per heavy atom. The molecular formula is C19H19ClN5O3+. The lowest BCUT2D eigenvalue weighted by Gasteiger charge is -2.32. The van der Waals surface area contributed by atoms with Gasteiger partial charge in [0.1, 0.15) is 0 Å². The van der Waals surface area contributed by atoms with Gasteiger partial charge in [0.05, 0.1) is 32.0 Å². The average molecular weight is 401 g/mol. The van der Waals surface area contributed by atoms with Crippen LogP contribution in [0.2, 0.25) is 5.02 Å². The smallest absolute Gasteiger partial charge is 0.231 e. The van der Waals surface area contributed by atoms with Crippen molar-refractivity contribution in [2.75, 3.05) is 27.5 Å². The van der Waals surface area contributed by atoms with Gasteiger partial charge in [-0.3, -0.25) is 0 Å². The summed E-state index contributed by atoms with van der Waals surface area (Å²) in [6.07, 6.45) is 0.910. The number of quaternary nitrogens is 1. The van der Waals surface area contributed by atoms with Crippen molar-refractivity contribution in [2.45, 2.75) is 12.5 Å². The second kappa shape index (κ2) is 6.65. The summed E-state index contributed by atoms with van der Waals surface area (Å²) >= 11 is 6.04. The Morgan fingerprint density at radius 3 is 2.86 bits per heavy atom. The molecule has 0 aliphatic carbocycles. The van der Waals surface area contributed by atoms with Crippen LogP contribution in [-0.4, -0.2) is 47.7 Å². The molecule has 2 aliphatic rings. The fourth-order valence-corrected chi connectivity index (χ4v) is 4.14. The van der Waals surface area contributed by atoms with Gasteiger partial charge >= 0.3 is 0 Å². The molecule has 0 saturated carbocycles. The van der Waals surface area contributed by atoms with Crippen LogP contribution in [0.15, 0.2) is 30.3 Å². The van der Waals surface area contributed by atoms with Gasteiger partial charge < -0.3 is 19.1 Å². The van der Waals surface area contributed by atoms with E-state index in [1.54, 1.807) is 11.8 Å². The number of ether oxygens (including phenoxy) is 3. The minimum absolute atomic E-state index is 0.112. The number of tetrazole rings is 1. The number of rotatable bonds is 3. The largest absolute Gasteiger partial charge is 0.492 e. The molecule has 3 heterocycles. The summed E-state index contributed by atoms with van der Waals surface area (Å²) in [5, 5.41) is 13.2. The van der Waals surface area contributed by atoms with Gasteiger partial charge in [-0.25, -0.2) is 0 Å². The normalized spacial score (nSPS) is 20.1. The molecule has 144 valence electrons. The summed E-state index contributed by atoms with van der Waals surface area (Å²) < 4.78 is 18.8. The zero-order chi connectivity index (χ0) is 19.3. The molecule has 0 amide bonds. The number of methoxy groups -OCH3 is 1. The SMILES string of the molecule is COc1c2c(cc3c1[C@H](c1nnnn1-c1ccc(Cl)cc1)[NH+](C)CC3)OCO2. The zero-order valence-electron chi connectivity index (χ0n) is 15.5. The van der Waals surface area contributed by atoms with E-state index in [-0.39, 0.29) is 12.8 Å². The molecule has 0 spiro atoms. The molecule has 1 unspecified atom stereocenters. The Balaban J connectivity index is 1.69. The third-order valence-electron chi connectivity index (χ3n) is 5.34. The van der Waals surface area contributed by atoms with E-state index in [9.17, 15) is 0 Å². The molecule has 0 saturated heterocycles. The second-order valence-corrected chi connectivity index (χ2v) is 7.36. The van der Waals surface area contributed by atoms with Crippen LogP contribution in [0.3, 0.4) is 0 Å². The Morgan fingerprint density at radius 1 is 1.25 bits per heavy atom. The van der Waals surface area contributed by atoms with Crippen LogP contribution in [0.4, 0.5) is 0 Å². The number of aromatic nitrogens is 4. The predicted octanol–water partition coefficient (Wildman–Crippen LogP) is 1.21. The molecule has 5 rings (SSSR count). The van der Waals surface area contributed by atoms with Gasteiger partial charge in [0, 0.05) is 11.4 Å². The first-order valence-corrected chi connectivity index (χ1v) is 9.41. The van der Waals surface area contributed by atoms with E-state index in [1.165, 1.54) is 10.5 Å². The third kappa shape index (κ3) is 2.60. The molecule has 1 N–H and O–H groups in total. The van der Waals surface area contributed by atoms with Crippen molar-refractivity contribution in [3.8, 4) is 22.9 Å². The summed E-state index contributed by atoms with van der Waals surface area (Å²) in [6, 6.07) is 9.39. The third-order valence-corrected chi connectivity index (χ3v) is 5.59. The molecule has 0 bridgehead atoms. The quantitative estimate of drug-likeness (QED) is 0.712. The molecule has 3 aromatic rings. The van der Waals surface area contributed by atoms with Gasteiger partial charge in [-0.2, -0.15) is 4.68 Å². The molecule has 0 fully saturated rings. The summed E-state index contributed by atoms with van der Waals surface area (Å²) in [5.41, 5.74) is 3.06. The summed E-state index contributed by atoms with van der Waals surface area (Å²) in [5.74, 6) is 2.80. The minimum atomic E-state index is -0.112. The molecule has 2 aliphatic heterocycles. The van der Waals surface area contributed by atoms with Crippen molar-refractivity contribution in [1.29, 1.82) is 0 Å². The van der Waals surface area contributed by atoms with Crippen LogP contribution in [0, 0.1) is 0 Å². The van der Waals surface area contributed by atoms with Gasteiger partial charge in [-0.15, -0.1) is 5.10 Å². The maximum absolute atomic E-state index is 6.04. The van der Waals surface area contributed by atoms with Gasteiger partial charge in [0.2, 0.25) is 18.4 Å². The minimum Gasteiger partial charge on any atom is -0.492 e. The topological polar surface area (TPSA) is 75.7 Å². The van der Waals surface area contributed by atoms with Crippen LogP contribution in [0.5, 0.6) is 17.2 Å². The average Bonchev–Trinajstić information content (AvgIpc) is 3.36. The van der Waals surface area contributed by atoms with Gasteiger partial charge in [-0.05, 0) is 46.3 Å². The highest BCUT2D eigenvalue weighted by Crippen LogP contribution is 2.48. The fraction of sp³-hybridized carbons (Fsp3) is 0.316. The van der Waals surface area contributed by atoms with Crippen LogP contribution in [0.1, 0.15) is 23.0 Å². The zero-order valence-corrected chi connectivity index (χ0v) is 16.2. The first-order valence-electron chi connectivity index (χ1n) is 9.03. The molecule has 1 aromatic heterocycles. The number of nitrogens with one attached hydrogen (secondary N) is 1. The van der Waals surface area contributed by atoms with E-state index in [0.29, 0.717) is 16.5 Å². The van der Waals surface area contributed by atoms with Crippen molar-refractivity contribution >= 4 is 11.6 Å². The van der Waals surface area contributed by atoms with E-state index in [2.05, 4.69) is 28.6 Å². The van der Waals surface area contributed by atoms with Crippen molar-refractivity contribution in [3.05, 3.63) is 52.3 Å². The molecule has 2 atom stereocenters. The number of hydrogen-bond acceptors (Lipinski definition) is 6. The van der Waals surface area contributed by atoms with E-state index in [1.807, 2.05) is 24.3 Å². The lowest BCUT2D eigenvalue weighted by atomic mass is 9.90. The van der Waals surface area contributed by atoms with Crippen LogP contribution < -0.4 is 19.1 Å². The Labute approximate surface area is 166 Å². The molecule has 8 nitrogen and oxygen atoms in total. The van der Waals surface area contributed by atoms with Crippen molar-refractivity contribution in [3.63, 3.8) is 0 Å². The van der Waals surface area contributed by atoms with Crippen LogP contribution >= 0.6 is 11.6 Å². The first kappa shape index (κ1) is 17.3. The molecular weight excluding hydrogens is 382 g/mol. The van der Waals surface area contributed by atoms with E-state index >= 15 is 0 Å². The number of fused-ring (bicyclic) bond motifs is 2. The second-order valence-electron chi connectivity index (χ2n) is 6.92. The lowest BCUT2D eigenvalue weighted by Crippen LogP contribution is -3.10. The number of nitrogens with zero attached hydrogens (tertiary/aromatic N) is 4. The van der Waals surface area contributed by atoms with Crippen LogP contribution in [0.25, 0.3) is 5.69 Å². The highest BCUT2D eigenvalue weighted by atomic mass is 35.5. The fourth-order valence-electron chi connectivity index (χ4n) is 4.02. The highest BCUT2D eigenvalue weighted by molar-refractivity contribution is 6.30. The number of hydrogen-bond donors (Lipinski definition) is 1. The van der Waals surface area contributed by atoms with E-state index < -0.39 is 0 Å². The molecule has 9 heteroatoms. The van der Waals surface area contributed by atoms with Gasteiger partial charge in [-0.1, -0.05) is 11.6 Å². The van der Waals surface area contributed by atoms with Crippen molar-refractivity contribution in [1.82, 2.24) is 20.2 Å². The first-order chi connectivity index (χ1) is 13.7. The van der Waals surface area contributed by atoms with E-state index in [4.69, 9.17) is 25.8 Å². The maximum Gasteiger partial charge on any atom is 0.231 e. The van der Waals surface area contributed by atoms with Crippen molar-refractivity contribution in [2.24, 2.45) is 0 Å². The number of benzene rings is 2. The highest BCUT2D eigenvalue weighted by Gasteiger charge is 2.40. The standard InChI is InChI=1S/C19H18ClN5O3/c1-24-8-7-11-9-14-17(28-10-27-14)18(26-2)15(11)16(24)19-21-22-23-25(19)13-5-3-12(20)4-6-13/h3-6,9,16H,7-8,10H2,1-2H3/p+1/t16-/m1/s1. The Kier molecular flexibility index (Phi) is 4.10. The molecule has 28 heavy (non-hydrogen) atoms. The summed E-state index contributed by atoms with van der Waals surface area (Å²) in [4.78, 5) is 1.27. The van der Waals surface area contributed by atoms with Crippen molar-refractivity contribution < 1.29 is 19.1 Å². The van der Waals surface area contributed by atoms with Crippen LogP contribution in [-0.2, 0) is 6.42 Å². The van der Waals surface area contributed by atoms with Gasteiger partial charge in [0.25, 0.3) is 0 Å². The molecule has 2 aromatic carbocycles. The summed E-state index contributed by atoms with van der Waals surface area (Å²) in [7, 11) is 3.79. The summed E-state index contributed by atoms with van der Waals surface area (Å²) in [6.45, 7) is 1.14. The number of likely N-dealkylation sites (N-methyl/N-ethyl adjacent to an activating group) is 1. The maximum atomic E-state index is 6.04. The Bertz CT molecular complexity index is 1040. The predicted molar refractivity (Wildman–Crippen MR) is 101 cm³/mol. The van der Waals surface area contributed by atoms with Gasteiger partial charge in [0.15, 0.2) is 17.5 Å². The Hall–Kier alpha value is -2.84. The molecule has 0 radical (unpaired) electrons.